The van der Waals surface area contributed by atoms with Crippen LogP contribution in [0.1, 0.15) is 39.9 Å². The van der Waals surface area contributed by atoms with Crippen LogP contribution in [-0.2, 0) is 29.1 Å². The molecule has 0 saturated carbocycles. The van der Waals surface area contributed by atoms with E-state index in [0.717, 1.165) is 27.3 Å². The third kappa shape index (κ3) is 7.12. The zero-order chi connectivity index (χ0) is 30.3. The molecule has 0 radical (unpaired) electrons. The van der Waals surface area contributed by atoms with Gasteiger partial charge in [0.25, 0.3) is 5.91 Å². The van der Waals surface area contributed by atoms with E-state index < -0.39 is 0 Å². The van der Waals surface area contributed by atoms with Crippen molar-refractivity contribution in [1.82, 2.24) is 25.1 Å². The Morgan fingerprint density at radius 3 is 2.34 bits per heavy atom. The number of hydrazone groups is 1. The smallest absolute Gasteiger partial charge is 0.253 e. The van der Waals surface area contributed by atoms with E-state index in [1.807, 2.05) is 82.7 Å². The summed E-state index contributed by atoms with van der Waals surface area (Å²) in [7, 11) is 0. The lowest BCUT2D eigenvalue weighted by atomic mass is 10.0. The standard InChI is InChI=1S/C33H29FN6O2S2/c34-26-15-13-25(14-16-26)28-19-27(29-12-7-17-43-29)38-40(28)32(42)22-44-33-37-36-30(39(33)21-24-10-5-2-6-11-24)20-35-31(41)18-23-8-3-1-4-9-23/h1-17,28H,18-22H2,(H,35,41). The number of hydrogen-bond acceptors (Lipinski definition) is 7. The molecule has 1 aliphatic heterocycles. The van der Waals surface area contributed by atoms with Gasteiger partial charge in [0, 0.05) is 6.42 Å². The van der Waals surface area contributed by atoms with Crippen LogP contribution in [0, 0.1) is 5.82 Å². The van der Waals surface area contributed by atoms with E-state index in [0.29, 0.717) is 23.9 Å². The summed E-state index contributed by atoms with van der Waals surface area (Å²) in [4.78, 5) is 27.3. The summed E-state index contributed by atoms with van der Waals surface area (Å²) in [6.07, 6.45) is 0.808. The molecule has 1 aliphatic rings. The van der Waals surface area contributed by atoms with E-state index in [-0.39, 0.29) is 42.4 Å². The summed E-state index contributed by atoms with van der Waals surface area (Å²) in [6, 6.07) is 29.3. The van der Waals surface area contributed by atoms with Gasteiger partial charge in [0.2, 0.25) is 5.91 Å². The number of nitrogens with zero attached hydrogens (tertiary/aromatic N) is 5. The second-order valence-corrected chi connectivity index (χ2v) is 12.1. The molecule has 2 amide bonds. The first-order valence-corrected chi connectivity index (χ1v) is 16.0. The van der Waals surface area contributed by atoms with Crippen molar-refractivity contribution in [2.24, 2.45) is 5.10 Å². The fourth-order valence-electron chi connectivity index (χ4n) is 4.97. The van der Waals surface area contributed by atoms with Crippen LogP contribution in [0.4, 0.5) is 4.39 Å². The second-order valence-electron chi connectivity index (χ2n) is 10.2. The molecule has 5 aromatic rings. The van der Waals surface area contributed by atoms with Gasteiger partial charge in [0.1, 0.15) is 5.82 Å². The molecule has 2 aromatic heterocycles. The number of thiophene rings is 1. The number of nitrogens with one attached hydrogen (secondary N) is 1. The fourth-order valence-corrected chi connectivity index (χ4v) is 6.50. The second kappa shape index (κ2) is 13.8. The summed E-state index contributed by atoms with van der Waals surface area (Å²) in [5, 5.41) is 20.5. The molecule has 222 valence electrons. The Balaban J connectivity index is 1.19. The third-order valence-electron chi connectivity index (χ3n) is 7.18. The number of benzene rings is 3. The van der Waals surface area contributed by atoms with Gasteiger partial charge >= 0.3 is 0 Å². The SMILES string of the molecule is O=C(Cc1ccccc1)NCc1nnc(SCC(=O)N2N=C(c3cccs3)CC2c2ccc(F)cc2)n1Cc1ccccc1. The molecule has 0 spiro atoms. The molecule has 3 aromatic carbocycles. The highest BCUT2D eigenvalue weighted by Crippen LogP contribution is 2.34. The highest BCUT2D eigenvalue weighted by molar-refractivity contribution is 7.99. The average molecular weight is 625 g/mol. The van der Waals surface area contributed by atoms with Gasteiger partial charge in [-0.1, -0.05) is 90.6 Å². The molecule has 1 unspecified atom stereocenters. The molecule has 0 aliphatic carbocycles. The van der Waals surface area contributed by atoms with Crippen molar-refractivity contribution >= 4 is 40.6 Å². The quantitative estimate of drug-likeness (QED) is 0.186. The van der Waals surface area contributed by atoms with E-state index in [9.17, 15) is 14.0 Å². The van der Waals surface area contributed by atoms with Gasteiger partial charge in [-0.15, -0.1) is 21.5 Å². The van der Waals surface area contributed by atoms with Crippen molar-refractivity contribution in [2.75, 3.05) is 5.75 Å². The monoisotopic (exact) mass is 624 g/mol. The van der Waals surface area contributed by atoms with Gasteiger partial charge in [-0.25, -0.2) is 9.40 Å². The van der Waals surface area contributed by atoms with E-state index in [2.05, 4.69) is 15.5 Å². The van der Waals surface area contributed by atoms with Gasteiger partial charge in [0.05, 0.1) is 41.9 Å². The van der Waals surface area contributed by atoms with Crippen LogP contribution in [0.5, 0.6) is 0 Å². The molecule has 1 N–H and O–H groups in total. The summed E-state index contributed by atoms with van der Waals surface area (Å²) in [5.41, 5.74) is 3.61. The molecule has 8 nitrogen and oxygen atoms in total. The highest BCUT2D eigenvalue weighted by Gasteiger charge is 2.33. The Morgan fingerprint density at radius 2 is 1.64 bits per heavy atom. The maximum atomic E-state index is 13.7. The lowest BCUT2D eigenvalue weighted by Crippen LogP contribution is -2.29. The van der Waals surface area contributed by atoms with Crippen molar-refractivity contribution in [2.45, 2.75) is 37.1 Å². The van der Waals surface area contributed by atoms with Crippen LogP contribution in [0.15, 0.2) is 113 Å². The molecule has 0 bridgehead atoms. The van der Waals surface area contributed by atoms with Crippen molar-refractivity contribution < 1.29 is 14.0 Å². The van der Waals surface area contributed by atoms with Gasteiger partial charge in [-0.05, 0) is 40.3 Å². The summed E-state index contributed by atoms with van der Waals surface area (Å²) in [5.74, 6) is 0.0302. The van der Waals surface area contributed by atoms with Crippen molar-refractivity contribution in [3.8, 4) is 0 Å². The van der Waals surface area contributed by atoms with Crippen LogP contribution >= 0.6 is 23.1 Å². The maximum absolute atomic E-state index is 13.7. The van der Waals surface area contributed by atoms with Crippen LogP contribution in [0.25, 0.3) is 0 Å². The van der Waals surface area contributed by atoms with Crippen LogP contribution in [0.3, 0.4) is 0 Å². The van der Waals surface area contributed by atoms with Crippen molar-refractivity contribution in [3.63, 3.8) is 0 Å². The molecule has 44 heavy (non-hydrogen) atoms. The molecule has 1 atom stereocenters. The summed E-state index contributed by atoms with van der Waals surface area (Å²) >= 11 is 2.85. The lowest BCUT2D eigenvalue weighted by molar-refractivity contribution is -0.130. The first kappa shape index (κ1) is 29.5. The Labute approximate surface area is 262 Å². The predicted molar refractivity (Wildman–Crippen MR) is 170 cm³/mol. The minimum Gasteiger partial charge on any atom is -0.349 e. The Kier molecular flexibility index (Phi) is 9.23. The zero-order valence-corrected chi connectivity index (χ0v) is 25.3. The number of hydrogen-bond donors (Lipinski definition) is 1. The summed E-state index contributed by atoms with van der Waals surface area (Å²) < 4.78 is 15.6. The fraction of sp³-hybridized carbons (Fsp3) is 0.182. The summed E-state index contributed by atoms with van der Waals surface area (Å²) in [6.45, 7) is 0.685. The van der Waals surface area contributed by atoms with Crippen molar-refractivity contribution in [3.05, 3.63) is 136 Å². The molecular weight excluding hydrogens is 596 g/mol. The highest BCUT2D eigenvalue weighted by atomic mass is 32.2. The minimum atomic E-state index is -0.335. The van der Waals surface area contributed by atoms with Gasteiger partial charge < -0.3 is 9.88 Å². The maximum Gasteiger partial charge on any atom is 0.253 e. The van der Waals surface area contributed by atoms with Crippen LogP contribution in [0.2, 0.25) is 0 Å². The predicted octanol–water partition coefficient (Wildman–Crippen LogP) is 5.86. The lowest BCUT2D eigenvalue weighted by Gasteiger charge is -2.22. The topological polar surface area (TPSA) is 92.5 Å². The average Bonchev–Trinajstić information content (AvgIpc) is 3.81. The number of halogens is 1. The number of amides is 2. The van der Waals surface area contributed by atoms with E-state index in [1.54, 1.807) is 23.5 Å². The molecule has 6 rings (SSSR count). The number of rotatable bonds is 11. The Bertz CT molecular complexity index is 1740. The first-order chi connectivity index (χ1) is 21.5. The number of carbonyl (C=O) groups is 2. The van der Waals surface area contributed by atoms with Gasteiger partial charge in [0.15, 0.2) is 11.0 Å². The Hall–Kier alpha value is -4.61. The number of aromatic nitrogens is 3. The van der Waals surface area contributed by atoms with E-state index in [1.165, 1.54) is 28.9 Å². The molecule has 0 saturated heterocycles. The molecule has 11 heteroatoms. The largest absolute Gasteiger partial charge is 0.349 e. The third-order valence-corrected chi connectivity index (χ3v) is 9.05. The first-order valence-electron chi connectivity index (χ1n) is 14.1. The van der Waals surface area contributed by atoms with Crippen molar-refractivity contribution in [1.29, 1.82) is 0 Å². The number of carbonyl (C=O) groups excluding carboxylic acids is 2. The van der Waals surface area contributed by atoms with Gasteiger partial charge in [-0.2, -0.15) is 5.10 Å². The zero-order valence-electron chi connectivity index (χ0n) is 23.7. The Morgan fingerprint density at radius 1 is 0.909 bits per heavy atom. The number of thioether (sulfide) groups is 1. The van der Waals surface area contributed by atoms with E-state index >= 15 is 0 Å². The molecule has 0 fully saturated rings. The molecule has 3 heterocycles. The van der Waals surface area contributed by atoms with Crippen LogP contribution < -0.4 is 5.32 Å². The van der Waals surface area contributed by atoms with Crippen LogP contribution in [-0.4, -0.2) is 43.1 Å². The van der Waals surface area contributed by atoms with E-state index in [4.69, 9.17) is 5.10 Å². The normalized spacial score (nSPS) is 14.4. The van der Waals surface area contributed by atoms with Gasteiger partial charge in [-0.3, -0.25) is 9.59 Å². The minimum absolute atomic E-state index is 0.0756. The molecular formula is C33H29FN6O2S2.